The molecule has 0 aliphatic heterocycles. The monoisotopic (exact) mass is 839 g/mol. The summed E-state index contributed by atoms with van der Waals surface area (Å²) in [5.41, 5.74) is 13.1. The van der Waals surface area contributed by atoms with Crippen LogP contribution in [0.2, 0.25) is 0 Å². The predicted octanol–water partition coefficient (Wildman–Crippen LogP) is 15.4. The Morgan fingerprint density at radius 1 is 0.288 bits per heavy atom. The summed E-state index contributed by atoms with van der Waals surface area (Å²) in [4.78, 5) is 20.3. The number of hydrogen-bond acceptors (Lipinski definition) is 5. The summed E-state index contributed by atoms with van der Waals surface area (Å²) in [6.45, 7) is 0. The first-order chi connectivity index (χ1) is 32.7. The number of hydrogen-bond donors (Lipinski definition) is 0. The molecular formula is C61H37N5. The van der Waals surface area contributed by atoms with Gasteiger partial charge in [-0.1, -0.05) is 182 Å². The first-order valence-corrected chi connectivity index (χ1v) is 22.0. The van der Waals surface area contributed by atoms with Gasteiger partial charge in [-0.2, -0.15) is 5.26 Å². The van der Waals surface area contributed by atoms with Crippen LogP contribution in [0.25, 0.3) is 122 Å². The fourth-order valence-electron chi connectivity index (χ4n) is 9.41. The van der Waals surface area contributed by atoms with Crippen LogP contribution in [0.5, 0.6) is 0 Å². The minimum Gasteiger partial charge on any atom is -0.256 e. The molecule has 0 aliphatic carbocycles. The first kappa shape index (κ1) is 38.6. The van der Waals surface area contributed by atoms with Gasteiger partial charge in [0.1, 0.15) is 0 Å². The Morgan fingerprint density at radius 2 is 0.773 bits per heavy atom. The molecule has 5 heteroatoms. The van der Waals surface area contributed by atoms with Crippen molar-refractivity contribution in [2.75, 3.05) is 0 Å². The van der Waals surface area contributed by atoms with E-state index in [1.807, 2.05) is 72.9 Å². The third kappa shape index (κ3) is 6.82. The molecule has 2 heterocycles. The van der Waals surface area contributed by atoms with Crippen molar-refractivity contribution in [3.63, 3.8) is 0 Å². The van der Waals surface area contributed by atoms with Crippen molar-refractivity contribution in [2.24, 2.45) is 0 Å². The zero-order valence-electron chi connectivity index (χ0n) is 35.6. The lowest BCUT2D eigenvalue weighted by atomic mass is 9.88. The van der Waals surface area contributed by atoms with Gasteiger partial charge in [-0.05, 0) is 102 Å². The summed E-state index contributed by atoms with van der Waals surface area (Å²) in [6.07, 6.45) is 1.88. The van der Waals surface area contributed by atoms with Gasteiger partial charge in [-0.15, -0.1) is 0 Å². The number of benzene rings is 10. The Balaban J connectivity index is 0.983. The topological polar surface area (TPSA) is 75.3 Å². The van der Waals surface area contributed by atoms with Crippen LogP contribution < -0.4 is 0 Å². The minimum atomic E-state index is 0.605. The van der Waals surface area contributed by atoms with Gasteiger partial charge in [0.05, 0.1) is 17.1 Å². The largest absolute Gasteiger partial charge is 0.256 e. The quantitative estimate of drug-likeness (QED) is 0.149. The molecule has 0 radical (unpaired) electrons. The summed E-state index contributed by atoms with van der Waals surface area (Å²) >= 11 is 0. The Kier molecular flexibility index (Phi) is 9.48. The SMILES string of the molecule is N#Cc1ccc(-c2ccc(-c3cc4c5ccccc5c(-c5cccc(-c6nc(-c7ccccc7)nc(-c7cccc(-c8ccccc8)c7)n6)c5)cc4c4cccnc34)cc2)c2ccccc12. The highest BCUT2D eigenvalue weighted by Gasteiger charge is 2.18. The molecule has 0 saturated heterocycles. The molecule has 306 valence electrons. The van der Waals surface area contributed by atoms with Crippen LogP contribution >= 0.6 is 0 Å². The minimum absolute atomic E-state index is 0.605. The van der Waals surface area contributed by atoms with Crippen molar-refractivity contribution in [3.05, 3.63) is 230 Å². The number of aromatic nitrogens is 4. The number of rotatable bonds is 7. The molecule has 0 bridgehead atoms. The van der Waals surface area contributed by atoms with Crippen LogP contribution in [0.15, 0.2) is 225 Å². The Hall–Kier alpha value is -9.11. The van der Waals surface area contributed by atoms with Crippen molar-refractivity contribution >= 4 is 43.2 Å². The zero-order valence-corrected chi connectivity index (χ0v) is 35.6. The molecule has 0 amide bonds. The molecule has 0 fully saturated rings. The summed E-state index contributed by atoms with van der Waals surface area (Å²) in [6, 6.07) is 78.2. The average Bonchev–Trinajstić information content (AvgIpc) is 3.40. The van der Waals surface area contributed by atoms with Gasteiger partial charge in [0.15, 0.2) is 17.5 Å². The van der Waals surface area contributed by atoms with Crippen molar-refractivity contribution < 1.29 is 0 Å². The summed E-state index contributed by atoms with van der Waals surface area (Å²) < 4.78 is 0. The van der Waals surface area contributed by atoms with E-state index in [2.05, 4.69) is 158 Å². The highest BCUT2D eigenvalue weighted by Crippen LogP contribution is 2.42. The fraction of sp³-hybridized carbons (Fsp3) is 0. The highest BCUT2D eigenvalue weighted by molar-refractivity contribution is 6.23. The van der Waals surface area contributed by atoms with Crippen LogP contribution in [0.4, 0.5) is 0 Å². The lowest BCUT2D eigenvalue weighted by Crippen LogP contribution is -2.00. The van der Waals surface area contributed by atoms with Crippen molar-refractivity contribution in [3.8, 4) is 84.7 Å². The van der Waals surface area contributed by atoms with Gasteiger partial charge in [0, 0.05) is 39.2 Å². The summed E-state index contributed by atoms with van der Waals surface area (Å²) in [5, 5.41) is 17.5. The Morgan fingerprint density at radius 3 is 1.45 bits per heavy atom. The molecule has 0 aliphatic rings. The molecule has 66 heavy (non-hydrogen) atoms. The number of fused-ring (bicyclic) bond motifs is 6. The molecule has 0 atom stereocenters. The molecule has 0 spiro atoms. The van der Waals surface area contributed by atoms with Gasteiger partial charge in [0.2, 0.25) is 0 Å². The van der Waals surface area contributed by atoms with Crippen LogP contribution in [0.3, 0.4) is 0 Å². The lowest BCUT2D eigenvalue weighted by molar-refractivity contribution is 1.07. The highest BCUT2D eigenvalue weighted by atomic mass is 15.0. The Labute approximate surface area is 381 Å². The molecular weight excluding hydrogens is 803 g/mol. The van der Waals surface area contributed by atoms with Crippen molar-refractivity contribution in [2.45, 2.75) is 0 Å². The van der Waals surface area contributed by atoms with Gasteiger partial charge in [-0.25, -0.2) is 15.0 Å². The van der Waals surface area contributed by atoms with E-state index in [1.54, 1.807) is 0 Å². The van der Waals surface area contributed by atoms with Gasteiger partial charge >= 0.3 is 0 Å². The van der Waals surface area contributed by atoms with E-state index in [4.69, 9.17) is 19.9 Å². The average molecular weight is 840 g/mol. The summed E-state index contributed by atoms with van der Waals surface area (Å²) in [7, 11) is 0. The van der Waals surface area contributed by atoms with E-state index in [-0.39, 0.29) is 0 Å². The molecule has 0 N–H and O–H groups in total. The maximum absolute atomic E-state index is 9.77. The molecule has 12 aromatic rings. The van der Waals surface area contributed by atoms with E-state index in [0.717, 1.165) is 104 Å². The summed E-state index contributed by atoms with van der Waals surface area (Å²) in [5.74, 6) is 1.84. The second-order valence-corrected chi connectivity index (χ2v) is 16.5. The van der Waals surface area contributed by atoms with Gasteiger partial charge in [0.25, 0.3) is 0 Å². The smallest absolute Gasteiger partial charge is 0.164 e. The lowest BCUT2D eigenvalue weighted by Gasteiger charge is -2.16. The molecule has 10 aromatic carbocycles. The van der Waals surface area contributed by atoms with Crippen LogP contribution in [-0.4, -0.2) is 19.9 Å². The molecule has 0 unspecified atom stereocenters. The van der Waals surface area contributed by atoms with Crippen LogP contribution in [0, 0.1) is 11.3 Å². The third-order valence-corrected chi connectivity index (χ3v) is 12.6. The normalized spacial score (nSPS) is 11.3. The van der Waals surface area contributed by atoms with E-state index in [9.17, 15) is 5.26 Å². The maximum atomic E-state index is 9.77. The van der Waals surface area contributed by atoms with E-state index in [0.29, 0.717) is 23.0 Å². The van der Waals surface area contributed by atoms with E-state index >= 15 is 0 Å². The maximum Gasteiger partial charge on any atom is 0.164 e. The first-order valence-electron chi connectivity index (χ1n) is 22.0. The second kappa shape index (κ2) is 16.2. The third-order valence-electron chi connectivity index (χ3n) is 12.6. The van der Waals surface area contributed by atoms with E-state index in [1.165, 1.54) is 0 Å². The predicted molar refractivity (Wildman–Crippen MR) is 270 cm³/mol. The van der Waals surface area contributed by atoms with Crippen LogP contribution in [0.1, 0.15) is 5.56 Å². The molecule has 12 rings (SSSR count). The van der Waals surface area contributed by atoms with Gasteiger partial charge in [-0.3, -0.25) is 4.98 Å². The number of nitrogens with zero attached hydrogens (tertiary/aromatic N) is 5. The number of pyridine rings is 1. The molecule has 0 saturated carbocycles. The van der Waals surface area contributed by atoms with Gasteiger partial charge < -0.3 is 0 Å². The fourth-order valence-corrected chi connectivity index (χ4v) is 9.41. The standard InChI is InChI=1S/C61H37N5/c62-38-47-31-32-49(50-23-8-7-22-48(47)50)40-27-29-41(30-28-40)55-37-56-52-25-10-9-24-51(52)54(36-57(56)53-26-13-33-63-58(53)55)44-19-12-21-46(35-44)61-65-59(42-16-5-2-6-17-42)64-60(66-61)45-20-11-18-43(34-45)39-14-3-1-4-15-39/h1-37H. The van der Waals surface area contributed by atoms with Crippen LogP contribution in [-0.2, 0) is 0 Å². The van der Waals surface area contributed by atoms with Crippen molar-refractivity contribution in [1.29, 1.82) is 5.26 Å². The molecule has 2 aromatic heterocycles. The second-order valence-electron chi connectivity index (χ2n) is 16.5. The van der Waals surface area contributed by atoms with Crippen molar-refractivity contribution in [1.82, 2.24) is 19.9 Å². The molecule has 5 nitrogen and oxygen atoms in total. The number of nitriles is 1. The van der Waals surface area contributed by atoms with E-state index < -0.39 is 0 Å². The zero-order chi connectivity index (χ0) is 44.0. The Bertz CT molecular complexity index is 3870.